The molecule has 1 heterocycles. The van der Waals surface area contributed by atoms with Crippen LogP contribution in [0.15, 0.2) is 12.3 Å². The van der Waals surface area contributed by atoms with Crippen LogP contribution in [0.5, 0.6) is 0 Å². The molecule has 1 rings (SSSR count). The summed E-state index contributed by atoms with van der Waals surface area (Å²) in [4.78, 5) is 3.51. The second-order valence-corrected chi connectivity index (χ2v) is 3.45. The zero-order valence-corrected chi connectivity index (χ0v) is 8.17. The van der Waals surface area contributed by atoms with Gasteiger partial charge in [-0.2, -0.15) is 4.39 Å². The van der Waals surface area contributed by atoms with E-state index in [1.54, 1.807) is 13.0 Å². The molecule has 1 atom stereocenters. The average molecular weight is 266 g/mol. The first-order chi connectivity index (χ1) is 5.13. The summed E-state index contributed by atoms with van der Waals surface area (Å²) < 4.78 is 13.7. The molecule has 11 heavy (non-hydrogen) atoms. The number of hydrogen-bond acceptors (Lipinski definition) is 2. The average Bonchev–Trinajstić information content (AvgIpc) is 1.85. The Bertz CT molecular complexity index is 242. The van der Waals surface area contributed by atoms with Crippen LogP contribution >= 0.6 is 22.6 Å². The molecule has 0 aromatic carbocycles. The maximum atomic E-state index is 12.9. The van der Waals surface area contributed by atoms with Crippen molar-refractivity contribution in [3.05, 3.63) is 27.3 Å². The van der Waals surface area contributed by atoms with Crippen molar-refractivity contribution >= 4 is 22.6 Å². The summed E-state index contributed by atoms with van der Waals surface area (Å²) in [6.45, 7) is 1.74. The predicted molar refractivity (Wildman–Crippen MR) is 49.5 cm³/mol. The van der Waals surface area contributed by atoms with Gasteiger partial charge in [0.2, 0.25) is 5.95 Å². The summed E-state index contributed by atoms with van der Waals surface area (Å²) in [7, 11) is 0. The normalized spacial score (nSPS) is 13.1. The Balaban J connectivity index is 3.21. The molecule has 0 amide bonds. The van der Waals surface area contributed by atoms with Crippen molar-refractivity contribution in [3.8, 4) is 0 Å². The van der Waals surface area contributed by atoms with Crippen LogP contribution in [0.4, 0.5) is 4.39 Å². The van der Waals surface area contributed by atoms with Crippen LogP contribution in [0.3, 0.4) is 0 Å². The van der Waals surface area contributed by atoms with Gasteiger partial charge in [0, 0.05) is 21.4 Å². The van der Waals surface area contributed by atoms with E-state index in [0.29, 0.717) is 5.56 Å². The molecule has 0 aliphatic carbocycles. The van der Waals surface area contributed by atoms with Crippen molar-refractivity contribution in [1.82, 2.24) is 4.98 Å². The van der Waals surface area contributed by atoms with Gasteiger partial charge in [0.1, 0.15) is 0 Å². The van der Waals surface area contributed by atoms with Crippen molar-refractivity contribution in [2.75, 3.05) is 0 Å². The first kappa shape index (κ1) is 8.86. The summed E-state index contributed by atoms with van der Waals surface area (Å²) in [6.07, 6.45) is 1.43. The third kappa shape index (κ3) is 1.87. The zero-order valence-electron chi connectivity index (χ0n) is 6.01. The van der Waals surface area contributed by atoms with Gasteiger partial charge >= 0.3 is 0 Å². The van der Waals surface area contributed by atoms with E-state index in [9.17, 15) is 4.39 Å². The van der Waals surface area contributed by atoms with Crippen LogP contribution < -0.4 is 5.73 Å². The van der Waals surface area contributed by atoms with Gasteiger partial charge < -0.3 is 5.73 Å². The fourth-order valence-corrected chi connectivity index (χ4v) is 1.71. The van der Waals surface area contributed by atoms with E-state index < -0.39 is 5.95 Å². The molecule has 0 unspecified atom stereocenters. The van der Waals surface area contributed by atoms with Crippen LogP contribution in [0.1, 0.15) is 18.5 Å². The third-order valence-electron chi connectivity index (χ3n) is 1.34. The first-order valence-electron chi connectivity index (χ1n) is 3.18. The number of nitrogens with two attached hydrogens (primary N) is 1. The van der Waals surface area contributed by atoms with E-state index in [2.05, 4.69) is 4.98 Å². The monoisotopic (exact) mass is 266 g/mol. The maximum Gasteiger partial charge on any atom is 0.218 e. The molecule has 1 aromatic rings. The fraction of sp³-hybridized carbons (Fsp3) is 0.286. The van der Waals surface area contributed by atoms with Gasteiger partial charge in [-0.25, -0.2) is 4.98 Å². The molecule has 0 bridgehead atoms. The van der Waals surface area contributed by atoms with Gasteiger partial charge in [0.15, 0.2) is 0 Å². The fourth-order valence-electron chi connectivity index (χ4n) is 0.831. The Kier molecular flexibility index (Phi) is 2.78. The lowest BCUT2D eigenvalue weighted by Gasteiger charge is -2.07. The summed E-state index contributed by atoms with van der Waals surface area (Å²) in [5, 5.41) is 0. The van der Waals surface area contributed by atoms with Crippen LogP contribution in [-0.2, 0) is 0 Å². The number of pyridine rings is 1. The summed E-state index contributed by atoms with van der Waals surface area (Å²) in [6, 6.07) is 1.44. The van der Waals surface area contributed by atoms with Crippen molar-refractivity contribution in [2.24, 2.45) is 5.73 Å². The standard InChI is InChI=1S/C7H8FIN2/c1-4(10)6-5(9)2-3-11-7(6)8/h2-4H,10H2,1H3/t4-/m1/s1. The number of halogens is 2. The van der Waals surface area contributed by atoms with Crippen LogP contribution in [0.25, 0.3) is 0 Å². The number of rotatable bonds is 1. The van der Waals surface area contributed by atoms with E-state index in [1.807, 2.05) is 22.6 Å². The SMILES string of the molecule is C[C@@H](N)c1c(I)ccnc1F. The minimum absolute atomic E-state index is 0.296. The van der Waals surface area contributed by atoms with E-state index in [0.717, 1.165) is 3.57 Å². The summed E-state index contributed by atoms with van der Waals surface area (Å²) in [5.41, 5.74) is 6.02. The second kappa shape index (κ2) is 3.44. The number of nitrogens with zero attached hydrogens (tertiary/aromatic N) is 1. The highest BCUT2D eigenvalue weighted by Gasteiger charge is 2.10. The lowest BCUT2D eigenvalue weighted by atomic mass is 10.1. The lowest BCUT2D eigenvalue weighted by molar-refractivity contribution is 0.551. The molecule has 0 aliphatic rings. The van der Waals surface area contributed by atoms with E-state index in [4.69, 9.17) is 5.73 Å². The molecular weight excluding hydrogens is 258 g/mol. The van der Waals surface area contributed by atoms with Crippen molar-refractivity contribution in [3.63, 3.8) is 0 Å². The van der Waals surface area contributed by atoms with Crippen molar-refractivity contribution < 1.29 is 4.39 Å². The molecule has 0 fully saturated rings. The quantitative estimate of drug-likeness (QED) is 0.622. The topological polar surface area (TPSA) is 38.9 Å². The van der Waals surface area contributed by atoms with E-state index in [-0.39, 0.29) is 6.04 Å². The Labute approximate surface area is 78.1 Å². The maximum absolute atomic E-state index is 12.9. The van der Waals surface area contributed by atoms with Gasteiger partial charge in [-0.15, -0.1) is 0 Å². The van der Waals surface area contributed by atoms with Gasteiger partial charge in [-0.1, -0.05) is 0 Å². The minimum atomic E-state index is -0.466. The van der Waals surface area contributed by atoms with E-state index in [1.165, 1.54) is 6.20 Å². The van der Waals surface area contributed by atoms with Crippen molar-refractivity contribution in [2.45, 2.75) is 13.0 Å². The van der Waals surface area contributed by atoms with E-state index >= 15 is 0 Å². The largest absolute Gasteiger partial charge is 0.324 e. The summed E-state index contributed by atoms with van der Waals surface area (Å²) in [5.74, 6) is -0.466. The van der Waals surface area contributed by atoms with Gasteiger partial charge in [0.05, 0.1) is 0 Å². The van der Waals surface area contributed by atoms with Crippen LogP contribution in [0.2, 0.25) is 0 Å². The molecule has 0 spiro atoms. The Morgan fingerprint density at radius 2 is 2.36 bits per heavy atom. The molecule has 2 N–H and O–H groups in total. The van der Waals surface area contributed by atoms with Crippen LogP contribution in [-0.4, -0.2) is 4.98 Å². The molecular formula is C7H8FIN2. The molecule has 0 saturated carbocycles. The first-order valence-corrected chi connectivity index (χ1v) is 4.26. The molecule has 0 aliphatic heterocycles. The summed E-state index contributed by atoms with van der Waals surface area (Å²) >= 11 is 2.04. The van der Waals surface area contributed by atoms with Gasteiger partial charge in [0.25, 0.3) is 0 Å². The molecule has 4 heteroatoms. The lowest BCUT2D eigenvalue weighted by Crippen LogP contribution is -2.10. The second-order valence-electron chi connectivity index (χ2n) is 2.29. The highest BCUT2D eigenvalue weighted by Crippen LogP contribution is 2.19. The van der Waals surface area contributed by atoms with Crippen molar-refractivity contribution in [1.29, 1.82) is 0 Å². The van der Waals surface area contributed by atoms with Crippen LogP contribution in [0, 0.1) is 9.52 Å². The molecule has 2 nitrogen and oxygen atoms in total. The Morgan fingerprint density at radius 3 is 2.73 bits per heavy atom. The highest BCUT2D eigenvalue weighted by molar-refractivity contribution is 14.1. The predicted octanol–water partition coefficient (Wildman–Crippen LogP) is 1.85. The Morgan fingerprint density at radius 1 is 1.73 bits per heavy atom. The highest BCUT2D eigenvalue weighted by atomic mass is 127. The minimum Gasteiger partial charge on any atom is -0.324 e. The zero-order chi connectivity index (χ0) is 8.43. The molecule has 1 aromatic heterocycles. The van der Waals surface area contributed by atoms with Gasteiger partial charge in [-0.05, 0) is 35.6 Å². The van der Waals surface area contributed by atoms with Gasteiger partial charge in [-0.3, -0.25) is 0 Å². The smallest absolute Gasteiger partial charge is 0.218 e. The third-order valence-corrected chi connectivity index (χ3v) is 2.28. The number of aromatic nitrogens is 1. The Hall–Kier alpha value is -0.230. The molecule has 0 saturated heterocycles. The molecule has 60 valence electrons. The number of hydrogen-bond donors (Lipinski definition) is 1. The molecule has 0 radical (unpaired) electrons.